The molecule has 0 N–H and O–H groups in total. The van der Waals surface area contributed by atoms with Crippen LogP contribution in [-0.2, 0) is 9.53 Å². The summed E-state index contributed by atoms with van der Waals surface area (Å²) >= 11 is 0. The van der Waals surface area contributed by atoms with E-state index in [2.05, 4.69) is 74.5 Å². The topological polar surface area (TPSA) is 26.3 Å². The lowest BCUT2D eigenvalue weighted by Crippen LogP contribution is -2.28. The molecule has 0 aromatic heterocycles. The summed E-state index contributed by atoms with van der Waals surface area (Å²) in [6, 6.07) is 0. The number of allylic oxidation sites excluding steroid dienone is 2. The number of esters is 1. The molecule has 0 aliphatic rings. The molecular weight excluding hydrogens is 332 g/mol. The van der Waals surface area contributed by atoms with Gasteiger partial charge < -0.3 is 4.74 Å². The van der Waals surface area contributed by atoms with Crippen LogP contribution in [0.25, 0.3) is 0 Å². The maximum atomic E-state index is 12.2. The van der Waals surface area contributed by atoms with Gasteiger partial charge in [0.2, 0.25) is 0 Å². The average Bonchev–Trinajstić information content (AvgIpc) is 2.57. The van der Waals surface area contributed by atoms with Crippen molar-refractivity contribution in [1.82, 2.24) is 0 Å². The summed E-state index contributed by atoms with van der Waals surface area (Å²) in [4.78, 5) is 12.2. The molecule has 0 aliphatic heterocycles. The Kier molecular flexibility index (Phi) is 12.3. The predicted molar refractivity (Wildman–Crippen MR) is 119 cm³/mol. The lowest BCUT2D eigenvalue weighted by molar-refractivity contribution is -0.154. The van der Waals surface area contributed by atoms with E-state index in [-0.39, 0.29) is 17.5 Å². The van der Waals surface area contributed by atoms with E-state index >= 15 is 0 Å². The Hall–Kier alpha value is -0.790. The van der Waals surface area contributed by atoms with Gasteiger partial charge in [-0.2, -0.15) is 0 Å². The van der Waals surface area contributed by atoms with Gasteiger partial charge in [0.25, 0.3) is 0 Å². The molecule has 1 atom stereocenters. The number of ether oxygens (including phenoxy) is 1. The van der Waals surface area contributed by atoms with E-state index in [0.29, 0.717) is 23.7 Å². The van der Waals surface area contributed by atoms with Crippen molar-refractivity contribution in [2.75, 3.05) is 0 Å². The van der Waals surface area contributed by atoms with Crippen LogP contribution in [0.5, 0.6) is 0 Å². The van der Waals surface area contributed by atoms with Gasteiger partial charge >= 0.3 is 5.97 Å². The first kappa shape index (κ1) is 26.2. The first-order valence-electron chi connectivity index (χ1n) is 11.3. The third kappa shape index (κ3) is 11.6. The molecule has 2 heteroatoms. The third-order valence-electron chi connectivity index (χ3n) is 5.92. The van der Waals surface area contributed by atoms with Gasteiger partial charge in [0.05, 0.1) is 0 Å². The minimum Gasteiger partial charge on any atom is -0.462 e. The molecule has 0 bridgehead atoms. The van der Waals surface area contributed by atoms with E-state index in [1.165, 1.54) is 19.3 Å². The molecule has 0 radical (unpaired) electrons. The summed E-state index contributed by atoms with van der Waals surface area (Å²) in [5, 5.41) is 0. The molecule has 0 fully saturated rings. The summed E-state index contributed by atoms with van der Waals surface area (Å²) in [6.45, 7) is 20.1. The highest BCUT2D eigenvalue weighted by molar-refractivity contribution is 5.69. The van der Waals surface area contributed by atoms with Crippen LogP contribution in [0.3, 0.4) is 0 Å². The van der Waals surface area contributed by atoms with Gasteiger partial charge in [0.1, 0.15) is 6.10 Å². The highest BCUT2D eigenvalue weighted by atomic mass is 16.5. The van der Waals surface area contributed by atoms with Crippen LogP contribution < -0.4 is 0 Å². The molecule has 0 spiro atoms. The Balaban J connectivity index is 4.49. The molecule has 0 aromatic rings. The van der Waals surface area contributed by atoms with Gasteiger partial charge in [-0.3, -0.25) is 4.79 Å². The van der Waals surface area contributed by atoms with E-state index < -0.39 is 0 Å². The molecule has 160 valence electrons. The number of unbranched alkanes of at least 4 members (excludes halogenated alkanes) is 1. The van der Waals surface area contributed by atoms with Crippen LogP contribution in [0.15, 0.2) is 12.2 Å². The van der Waals surface area contributed by atoms with E-state index in [1.54, 1.807) is 0 Å². The highest BCUT2D eigenvalue weighted by Crippen LogP contribution is 2.33. The van der Waals surface area contributed by atoms with Crippen molar-refractivity contribution in [1.29, 1.82) is 0 Å². The molecule has 0 aliphatic carbocycles. The maximum absolute atomic E-state index is 12.2. The van der Waals surface area contributed by atoms with Crippen LogP contribution in [0, 0.1) is 22.7 Å². The fraction of sp³-hybridized carbons (Fsp3) is 0.880. The zero-order valence-electron chi connectivity index (χ0n) is 19.9. The fourth-order valence-corrected chi connectivity index (χ4v) is 3.69. The Labute approximate surface area is 170 Å². The van der Waals surface area contributed by atoms with Crippen LogP contribution in [0.4, 0.5) is 0 Å². The second kappa shape index (κ2) is 12.6. The summed E-state index contributed by atoms with van der Waals surface area (Å²) in [7, 11) is 0. The number of rotatable bonds is 14. The summed E-state index contributed by atoms with van der Waals surface area (Å²) in [5.74, 6) is 0.702. The predicted octanol–water partition coefficient (Wildman–Crippen LogP) is 7.96. The van der Waals surface area contributed by atoms with Crippen molar-refractivity contribution in [3.05, 3.63) is 12.2 Å². The first-order chi connectivity index (χ1) is 12.5. The number of hydrogen-bond donors (Lipinski definition) is 0. The van der Waals surface area contributed by atoms with Crippen molar-refractivity contribution in [3.63, 3.8) is 0 Å². The van der Waals surface area contributed by atoms with Crippen LogP contribution in [0.1, 0.15) is 114 Å². The minimum atomic E-state index is -0.0365. The van der Waals surface area contributed by atoms with E-state index in [9.17, 15) is 4.79 Å². The molecule has 2 nitrogen and oxygen atoms in total. The zero-order chi connectivity index (χ0) is 21.1. The Bertz CT molecular complexity index is 426. The maximum Gasteiger partial charge on any atom is 0.306 e. The van der Waals surface area contributed by atoms with Crippen molar-refractivity contribution < 1.29 is 9.53 Å². The van der Waals surface area contributed by atoms with E-state index in [0.717, 1.165) is 25.7 Å². The first-order valence-corrected chi connectivity index (χ1v) is 11.3. The van der Waals surface area contributed by atoms with Crippen molar-refractivity contribution in [2.45, 2.75) is 120 Å². The minimum absolute atomic E-state index is 0.0281. The van der Waals surface area contributed by atoms with Gasteiger partial charge in [0, 0.05) is 6.42 Å². The van der Waals surface area contributed by atoms with Crippen molar-refractivity contribution in [2.24, 2.45) is 22.7 Å². The largest absolute Gasteiger partial charge is 0.462 e. The molecule has 0 rings (SSSR count). The van der Waals surface area contributed by atoms with Gasteiger partial charge in [0.15, 0.2) is 0 Å². The van der Waals surface area contributed by atoms with Crippen molar-refractivity contribution in [3.8, 4) is 0 Å². The standard InChI is InChI=1S/C25H48O2/c1-10-12-16-24(7,8)17-14-19-25(9,11-2)18-13-15-22(26)27-23(20(3)4)21(5)6/h14,19-21,23H,10-13,15-18H2,1-9H3/b19-14+. The molecule has 0 heterocycles. The molecule has 27 heavy (non-hydrogen) atoms. The van der Waals surface area contributed by atoms with E-state index in [4.69, 9.17) is 4.74 Å². The lowest BCUT2D eigenvalue weighted by Gasteiger charge is -2.27. The second-order valence-electron chi connectivity index (χ2n) is 10.2. The Morgan fingerprint density at radius 1 is 0.963 bits per heavy atom. The van der Waals surface area contributed by atoms with E-state index in [1.807, 2.05) is 0 Å². The highest BCUT2D eigenvalue weighted by Gasteiger charge is 2.23. The zero-order valence-corrected chi connectivity index (χ0v) is 19.9. The SMILES string of the molecule is CCCCC(C)(C)C/C=C/C(C)(CC)CCCC(=O)OC(C(C)C)C(C)C. The van der Waals surface area contributed by atoms with Gasteiger partial charge in [-0.25, -0.2) is 0 Å². The smallest absolute Gasteiger partial charge is 0.306 e. The molecule has 0 aromatic carbocycles. The van der Waals surface area contributed by atoms with Gasteiger partial charge in [-0.05, 0) is 54.8 Å². The summed E-state index contributed by atoms with van der Waals surface area (Å²) in [6.07, 6.45) is 13.4. The Morgan fingerprint density at radius 2 is 1.56 bits per heavy atom. The molecule has 0 saturated heterocycles. The van der Waals surface area contributed by atoms with Crippen LogP contribution in [-0.4, -0.2) is 12.1 Å². The van der Waals surface area contributed by atoms with Gasteiger partial charge in [-0.1, -0.05) is 87.3 Å². The second-order valence-corrected chi connectivity index (χ2v) is 10.2. The molecule has 0 saturated carbocycles. The van der Waals surface area contributed by atoms with Crippen LogP contribution >= 0.6 is 0 Å². The van der Waals surface area contributed by atoms with Crippen molar-refractivity contribution >= 4 is 5.97 Å². The third-order valence-corrected chi connectivity index (χ3v) is 5.92. The lowest BCUT2D eigenvalue weighted by atomic mass is 9.79. The van der Waals surface area contributed by atoms with Crippen LogP contribution in [0.2, 0.25) is 0 Å². The number of carbonyl (C=O) groups excluding carboxylic acids is 1. The number of carbonyl (C=O) groups is 1. The fourth-order valence-electron chi connectivity index (χ4n) is 3.69. The average molecular weight is 381 g/mol. The number of hydrogen-bond acceptors (Lipinski definition) is 2. The quantitative estimate of drug-likeness (QED) is 0.226. The normalized spacial score (nSPS) is 15.1. The summed E-state index contributed by atoms with van der Waals surface area (Å²) < 4.78 is 5.73. The Morgan fingerprint density at radius 3 is 2.04 bits per heavy atom. The van der Waals surface area contributed by atoms with Gasteiger partial charge in [-0.15, -0.1) is 0 Å². The molecule has 1 unspecified atom stereocenters. The monoisotopic (exact) mass is 380 g/mol. The summed E-state index contributed by atoms with van der Waals surface area (Å²) in [5.41, 5.74) is 0.560. The molecular formula is C25H48O2. The molecule has 0 amide bonds.